The zero-order valence-corrected chi connectivity index (χ0v) is 10.9. The summed E-state index contributed by atoms with van der Waals surface area (Å²) in [7, 11) is 0. The van der Waals surface area contributed by atoms with E-state index in [1.807, 2.05) is 25.1 Å². The summed E-state index contributed by atoms with van der Waals surface area (Å²) in [6, 6.07) is 10.4. The van der Waals surface area contributed by atoms with Gasteiger partial charge in [0.05, 0.1) is 11.7 Å². The summed E-state index contributed by atoms with van der Waals surface area (Å²) in [5.74, 6) is 0.755. The van der Waals surface area contributed by atoms with Crippen molar-refractivity contribution >= 4 is 16.9 Å². The van der Waals surface area contributed by atoms with Gasteiger partial charge < -0.3 is 5.32 Å². The van der Waals surface area contributed by atoms with Crippen molar-refractivity contribution in [2.45, 2.75) is 19.9 Å². The van der Waals surface area contributed by atoms with E-state index in [4.69, 9.17) is 0 Å². The van der Waals surface area contributed by atoms with Crippen molar-refractivity contribution in [1.82, 2.24) is 20.2 Å². The number of hydrogen-bond acceptors (Lipinski definition) is 4. The molecule has 1 atom stereocenters. The monoisotopic (exact) mass is 253 g/mol. The predicted molar refractivity (Wildman–Crippen MR) is 74.9 cm³/mol. The Hall–Kier alpha value is -2.43. The number of aromatic nitrogens is 4. The summed E-state index contributed by atoms with van der Waals surface area (Å²) in [6.07, 6.45) is 1.56. The van der Waals surface area contributed by atoms with Crippen molar-refractivity contribution in [2.24, 2.45) is 0 Å². The van der Waals surface area contributed by atoms with Crippen LogP contribution in [0.2, 0.25) is 0 Å². The lowest BCUT2D eigenvalue weighted by molar-refractivity contribution is 0.874. The third-order valence-corrected chi connectivity index (χ3v) is 3.17. The molecule has 2 aromatic heterocycles. The molecule has 3 aromatic rings. The van der Waals surface area contributed by atoms with Gasteiger partial charge in [-0.3, -0.25) is 5.10 Å². The van der Waals surface area contributed by atoms with Gasteiger partial charge in [0.2, 0.25) is 0 Å². The average molecular weight is 253 g/mol. The van der Waals surface area contributed by atoms with E-state index in [2.05, 4.69) is 44.5 Å². The van der Waals surface area contributed by atoms with Crippen LogP contribution in [0.25, 0.3) is 11.0 Å². The van der Waals surface area contributed by atoms with E-state index in [-0.39, 0.29) is 6.04 Å². The summed E-state index contributed by atoms with van der Waals surface area (Å²) < 4.78 is 0. The SMILES string of the molecule is Cc1[nH]nc2c(N[C@@H](C)c3ccccc3)ncnc12. The quantitative estimate of drug-likeness (QED) is 0.753. The molecule has 0 aliphatic rings. The lowest BCUT2D eigenvalue weighted by Crippen LogP contribution is -2.08. The van der Waals surface area contributed by atoms with Gasteiger partial charge in [-0.2, -0.15) is 5.10 Å². The Labute approximate surface area is 111 Å². The molecule has 0 aliphatic carbocycles. The van der Waals surface area contributed by atoms with Crippen molar-refractivity contribution in [2.75, 3.05) is 5.32 Å². The maximum absolute atomic E-state index is 4.28. The average Bonchev–Trinajstić information content (AvgIpc) is 2.83. The molecule has 0 unspecified atom stereocenters. The highest BCUT2D eigenvalue weighted by Crippen LogP contribution is 2.23. The van der Waals surface area contributed by atoms with Crippen LogP contribution >= 0.6 is 0 Å². The van der Waals surface area contributed by atoms with Gasteiger partial charge in [0, 0.05) is 0 Å². The fourth-order valence-corrected chi connectivity index (χ4v) is 2.09. The molecule has 0 spiro atoms. The number of aromatic amines is 1. The van der Waals surface area contributed by atoms with Crippen LogP contribution in [0.4, 0.5) is 5.82 Å². The topological polar surface area (TPSA) is 66.5 Å². The number of nitrogens with zero attached hydrogens (tertiary/aromatic N) is 3. The number of hydrogen-bond donors (Lipinski definition) is 2. The lowest BCUT2D eigenvalue weighted by Gasteiger charge is -2.14. The van der Waals surface area contributed by atoms with Gasteiger partial charge in [-0.05, 0) is 19.4 Å². The van der Waals surface area contributed by atoms with Crippen LogP contribution in [0.1, 0.15) is 24.2 Å². The molecule has 0 fully saturated rings. The van der Waals surface area contributed by atoms with E-state index >= 15 is 0 Å². The molecule has 0 amide bonds. The van der Waals surface area contributed by atoms with E-state index in [0.717, 1.165) is 22.5 Å². The summed E-state index contributed by atoms with van der Waals surface area (Å²) >= 11 is 0. The van der Waals surface area contributed by atoms with Gasteiger partial charge >= 0.3 is 0 Å². The molecule has 0 saturated heterocycles. The Morgan fingerprint density at radius 1 is 1.11 bits per heavy atom. The summed E-state index contributed by atoms with van der Waals surface area (Å²) in [4.78, 5) is 8.52. The normalized spacial score (nSPS) is 12.5. The molecule has 2 N–H and O–H groups in total. The highest BCUT2D eigenvalue weighted by molar-refractivity contribution is 5.86. The second-order valence-electron chi connectivity index (χ2n) is 4.54. The standard InChI is InChI=1S/C14H15N5/c1-9(11-6-4-3-5-7-11)17-14-13-12(15-8-16-14)10(2)18-19-13/h3-9H,1-2H3,(H,18,19)(H,15,16,17)/t9-/m0/s1. The first-order valence-electron chi connectivity index (χ1n) is 6.23. The van der Waals surface area contributed by atoms with Gasteiger partial charge in [0.25, 0.3) is 0 Å². The molecule has 19 heavy (non-hydrogen) atoms. The molecular formula is C14H15N5. The molecule has 5 nitrogen and oxygen atoms in total. The number of nitrogens with one attached hydrogen (secondary N) is 2. The summed E-state index contributed by atoms with van der Waals surface area (Å²) in [5, 5.41) is 10.6. The van der Waals surface area contributed by atoms with E-state index in [1.54, 1.807) is 6.33 Å². The Morgan fingerprint density at radius 2 is 1.89 bits per heavy atom. The predicted octanol–water partition coefficient (Wildman–Crippen LogP) is 2.83. The minimum absolute atomic E-state index is 0.163. The number of anilines is 1. The van der Waals surface area contributed by atoms with Crippen molar-refractivity contribution in [3.8, 4) is 0 Å². The third-order valence-electron chi connectivity index (χ3n) is 3.17. The molecule has 3 rings (SSSR count). The maximum atomic E-state index is 4.28. The Bertz CT molecular complexity index is 689. The zero-order chi connectivity index (χ0) is 13.2. The highest BCUT2D eigenvalue weighted by Gasteiger charge is 2.12. The van der Waals surface area contributed by atoms with Crippen molar-refractivity contribution < 1.29 is 0 Å². The Morgan fingerprint density at radius 3 is 2.68 bits per heavy atom. The van der Waals surface area contributed by atoms with Crippen molar-refractivity contribution in [1.29, 1.82) is 0 Å². The van der Waals surface area contributed by atoms with Crippen LogP contribution in [0.3, 0.4) is 0 Å². The maximum Gasteiger partial charge on any atom is 0.158 e. The van der Waals surface area contributed by atoms with Gasteiger partial charge in [-0.1, -0.05) is 30.3 Å². The smallest absolute Gasteiger partial charge is 0.158 e. The van der Waals surface area contributed by atoms with E-state index in [0.29, 0.717) is 0 Å². The molecule has 0 radical (unpaired) electrons. The molecule has 0 aliphatic heterocycles. The highest BCUT2D eigenvalue weighted by atomic mass is 15.2. The fourth-order valence-electron chi connectivity index (χ4n) is 2.09. The molecule has 1 aromatic carbocycles. The molecule has 2 heterocycles. The first-order valence-corrected chi connectivity index (χ1v) is 6.23. The van der Waals surface area contributed by atoms with Crippen molar-refractivity contribution in [3.63, 3.8) is 0 Å². The summed E-state index contributed by atoms with van der Waals surface area (Å²) in [6.45, 7) is 4.05. The van der Waals surface area contributed by atoms with Gasteiger partial charge in [0.15, 0.2) is 11.3 Å². The lowest BCUT2D eigenvalue weighted by atomic mass is 10.1. The number of aryl methyl sites for hydroxylation is 1. The van der Waals surface area contributed by atoms with Crippen LogP contribution in [0, 0.1) is 6.92 Å². The first kappa shape index (κ1) is 11.6. The van der Waals surface area contributed by atoms with E-state index < -0.39 is 0 Å². The van der Waals surface area contributed by atoms with Crippen LogP contribution < -0.4 is 5.32 Å². The molecule has 96 valence electrons. The zero-order valence-electron chi connectivity index (χ0n) is 10.9. The molecule has 5 heteroatoms. The Kier molecular flexibility index (Phi) is 2.87. The minimum atomic E-state index is 0.163. The van der Waals surface area contributed by atoms with Crippen LogP contribution in [-0.4, -0.2) is 20.2 Å². The molecule has 0 bridgehead atoms. The largest absolute Gasteiger partial charge is 0.362 e. The van der Waals surface area contributed by atoms with Gasteiger partial charge in [-0.25, -0.2) is 9.97 Å². The Balaban J connectivity index is 1.93. The van der Waals surface area contributed by atoms with Crippen LogP contribution in [-0.2, 0) is 0 Å². The van der Waals surface area contributed by atoms with E-state index in [9.17, 15) is 0 Å². The van der Waals surface area contributed by atoms with Crippen LogP contribution in [0.15, 0.2) is 36.7 Å². The molecular weight excluding hydrogens is 238 g/mol. The third kappa shape index (κ3) is 2.14. The van der Waals surface area contributed by atoms with E-state index in [1.165, 1.54) is 5.56 Å². The second kappa shape index (κ2) is 4.68. The minimum Gasteiger partial charge on any atom is -0.362 e. The van der Waals surface area contributed by atoms with Gasteiger partial charge in [-0.15, -0.1) is 0 Å². The summed E-state index contributed by atoms with van der Waals surface area (Å²) in [5.41, 5.74) is 3.80. The number of benzene rings is 1. The second-order valence-corrected chi connectivity index (χ2v) is 4.54. The molecule has 0 saturated carbocycles. The number of fused-ring (bicyclic) bond motifs is 1. The van der Waals surface area contributed by atoms with Crippen molar-refractivity contribution in [3.05, 3.63) is 47.9 Å². The van der Waals surface area contributed by atoms with Crippen LogP contribution in [0.5, 0.6) is 0 Å². The van der Waals surface area contributed by atoms with Gasteiger partial charge in [0.1, 0.15) is 11.8 Å². The number of H-pyrrole nitrogens is 1. The fraction of sp³-hybridized carbons (Fsp3) is 0.214. The first-order chi connectivity index (χ1) is 9.25. The number of rotatable bonds is 3.